The van der Waals surface area contributed by atoms with E-state index in [1.54, 1.807) is 0 Å². The van der Waals surface area contributed by atoms with E-state index in [9.17, 15) is 0 Å². The van der Waals surface area contributed by atoms with Crippen molar-refractivity contribution < 1.29 is 4.74 Å². The maximum absolute atomic E-state index is 5.41. The highest BCUT2D eigenvalue weighted by atomic mass is 16.5. The summed E-state index contributed by atoms with van der Waals surface area (Å²) in [6, 6.07) is 1.98. The zero-order chi connectivity index (χ0) is 15.3. The van der Waals surface area contributed by atoms with Crippen LogP contribution in [0.4, 0.5) is 11.6 Å². The van der Waals surface area contributed by atoms with Gasteiger partial charge < -0.3 is 15.4 Å². The molecule has 0 aliphatic heterocycles. The van der Waals surface area contributed by atoms with E-state index in [0.29, 0.717) is 13.2 Å². The summed E-state index contributed by atoms with van der Waals surface area (Å²) < 4.78 is 5.41. The van der Waals surface area contributed by atoms with Crippen molar-refractivity contribution in [2.45, 2.75) is 59.5 Å². The molecular formula is C16H30N4O. The standard InChI is InChI=1S/C16H30N4O/c1-4-7-8-9-11-18-15-12-14(17-10-5-2)19-16(20-15)13-21-6-3/h12H,4-11,13H2,1-3H3,(H2,17,18,19,20). The van der Waals surface area contributed by atoms with Crippen LogP contribution >= 0.6 is 0 Å². The molecule has 0 saturated carbocycles. The lowest BCUT2D eigenvalue weighted by atomic mass is 10.2. The normalized spacial score (nSPS) is 10.6. The Kier molecular flexibility index (Phi) is 9.53. The molecule has 0 aliphatic rings. The van der Waals surface area contributed by atoms with Crippen LogP contribution in [0.15, 0.2) is 6.07 Å². The van der Waals surface area contributed by atoms with Gasteiger partial charge in [-0.15, -0.1) is 0 Å². The highest BCUT2D eigenvalue weighted by molar-refractivity contribution is 5.47. The molecule has 1 heterocycles. The fraction of sp³-hybridized carbons (Fsp3) is 0.750. The monoisotopic (exact) mass is 294 g/mol. The molecule has 0 atom stereocenters. The number of hydrogen-bond acceptors (Lipinski definition) is 5. The van der Waals surface area contributed by atoms with E-state index in [2.05, 4.69) is 34.4 Å². The van der Waals surface area contributed by atoms with Crippen molar-refractivity contribution >= 4 is 11.6 Å². The van der Waals surface area contributed by atoms with Gasteiger partial charge in [0.2, 0.25) is 0 Å². The molecule has 1 aromatic heterocycles. The Morgan fingerprint density at radius 2 is 1.62 bits per heavy atom. The van der Waals surface area contributed by atoms with E-state index in [1.165, 1.54) is 25.7 Å². The SMILES string of the molecule is CCCCCCNc1cc(NCCC)nc(COCC)n1. The molecule has 0 radical (unpaired) electrons. The molecule has 0 unspecified atom stereocenters. The highest BCUT2D eigenvalue weighted by Crippen LogP contribution is 2.13. The fourth-order valence-electron chi connectivity index (χ4n) is 1.96. The van der Waals surface area contributed by atoms with E-state index in [1.807, 2.05) is 13.0 Å². The molecule has 0 fully saturated rings. The molecule has 5 heteroatoms. The number of hydrogen-bond donors (Lipinski definition) is 2. The summed E-state index contributed by atoms with van der Waals surface area (Å²) in [5.74, 6) is 2.49. The summed E-state index contributed by atoms with van der Waals surface area (Å²) in [4.78, 5) is 8.99. The van der Waals surface area contributed by atoms with Gasteiger partial charge in [-0.2, -0.15) is 0 Å². The largest absolute Gasteiger partial charge is 0.374 e. The van der Waals surface area contributed by atoms with E-state index >= 15 is 0 Å². The number of rotatable bonds is 12. The Morgan fingerprint density at radius 1 is 0.905 bits per heavy atom. The second-order valence-corrected chi connectivity index (χ2v) is 5.11. The quantitative estimate of drug-likeness (QED) is 0.574. The van der Waals surface area contributed by atoms with E-state index in [-0.39, 0.29) is 0 Å². The summed E-state index contributed by atoms with van der Waals surface area (Å²) in [6.07, 6.45) is 6.07. The van der Waals surface area contributed by atoms with Gasteiger partial charge in [0.05, 0.1) is 0 Å². The third-order valence-electron chi connectivity index (χ3n) is 3.10. The predicted molar refractivity (Wildman–Crippen MR) is 88.8 cm³/mol. The first kappa shape index (κ1) is 17.7. The minimum absolute atomic E-state index is 0.461. The van der Waals surface area contributed by atoms with E-state index < -0.39 is 0 Å². The molecule has 120 valence electrons. The van der Waals surface area contributed by atoms with Crippen LogP contribution in [-0.2, 0) is 11.3 Å². The Labute approximate surface area is 128 Å². The lowest BCUT2D eigenvalue weighted by Gasteiger charge is -2.11. The van der Waals surface area contributed by atoms with Gasteiger partial charge in [0.15, 0.2) is 5.82 Å². The van der Waals surface area contributed by atoms with Gasteiger partial charge in [-0.1, -0.05) is 33.1 Å². The third-order valence-corrected chi connectivity index (χ3v) is 3.10. The average Bonchev–Trinajstić information content (AvgIpc) is 2.50. The Bertz CT molecular complexity index is 358. The maximum atomic E-state index is 5.41. The van der Waals surface area contributed by atoms with Gasteiger partial charge >= 0.3 is 0 Å². The lowest BCUT2D eigenvalue weighted by Crippen LogP contribution is -2.10. The molecular weight excluding hydrogens is 264 g/mol. The molecule has 1 rings (SSSR count). The molecule has 1 aromatic rings. The zero-order valence-corrected chi connectivity index (χ0v) is 13.7. The second kappa shape index (κ2) is 11.3. The number of unbranched alkanes of at least 4 members (excludes halogenated alkanes) is 3. The van der Waals surface area contributed by atoms with Crippen molar-refractivity contribution in [2.24, 2.45) is 0 Å². The molecule has 0 saturated heterocycles. The average molecular weight is 294 g/mol. The topological polar surface area (TPSA) is 59.1 Å². The van der Waals surface area contributed by atoms with Crippen LogP contribution in [0, 0.1) is 0 Å². The van der Waals surface area contributed by atoms with Crippen molar-refractivity contribution in [3.05, 3.63) is 11.9 Å². The molecule has 0 aromatic carbocycles. The van der Waals surface area contributed by atoms with Crippen LogP contribution in [0.5, 0.6) is 0 Å². The van der Waals surface area contributed by atoms with Crippen molar-refractivity contribution in [1.29, 1.82) is 0 Å². The lowest BCUT2D eigenvalue weighted by molar-refractivity contribution is 0.128. The van der Waals surface area contributed by atoms with Crippen LogP contribution in [-0.4, -0.2) is 29.7 Å². The zero-order valence-electron chi connectivity index (χ0n) is 13.7. The van der Waals surface area contributed by atoms with Crippen molar-refractivity contribution in [3.8, 4) is 0 Å². The van der Waals surface area contributed by atoms with Crippen molar-refractivity contribution in [3.63, 3.8) is 0 Å². The smallest absolute Gasteiger partial charge is 0.158 e. The summed E-state index contributed by atoms with van der Waals surface area (Å²) in [6.45, 7) is 9.36. The van der Waals surface area contributed by atoms with Gasteiger partial charge in [0.25, 0.3) is 0 Å². The predicted octanol–water partition coefficient (Wildman–Crippen LogP) is 3.83. The van der Waals surface area contributed by atoms with Crippen LogP contribution in [0.1, 0.15) is 58.7 Å². The second-order valence-electron chi connectivity index (χ2n) is 5.11. The number of anilines is 2. The maximum Gasteiger partial charge on any atom is 0.158 e. The summed E-state index contributed by atoms with van der Waals surface area (Å²) in [5.41, 5.74) is 0. The van der Waals surface area contributed by atoms with Gasteiger partial charge in [-0.05, 0) is 19.8 Å². The minimum Gasteiger partial charge on any atom is -0.374 e. The van der Waals surface area contributed by atoms with Crippen molar-refractivity contribution in [2.75, 3.05) is 30.3 Å². The number of aromatic nitrogens is 2. The van der Waals surface area contributed by atoms with Crippen LogP contribution < -0.4 is 10.6 Å². The number of nitrogens with one attached hydrogen (secondary N) is 2. The number of ether oxygens (including phenoxy) is 1. The summed E-state index contributed by atoms with van der Waals surface area (Å²) in [7, 11) is 0. The summed E-state index contributed by atoms with van der Waals surface area (Å²) in [5, 5.41) is 6.71. The van der Waals surface area contributed by atoms with Crippen LogP contribution in [0.3, 0.4) is 0 Å². The molecule has 21 heavy (non-hydrogen) atoms. The first-order valence-corrected chi connectivity index (χ1v) is 8.23. The van der Waals surface area contributed by atoms with Gasteiger partial charge in [0, 0.05) is 25.8 Å². The highest BCUT2D eigenvalue weighted by Gasteiger charge is 2.04. The Morgan fingerprint density at radius 3 is 2.24 bits per heavy atom. The van der Waals surface area contributed by atoms with Gasteiger partial charge in [-0.3, -0.25) is 0 Å². The molecule has 2 N–H and O–H groups in total. The molecule has 0 bridgehead atoms. The summed E-state index contributed by atoms with van der Waals surface area (Å²) >= 11 is 0. The third kappa shape index (κ3) is 7.85. The first-order valence-electron chi connectivity index (χ1n) is 8.23. The number of nitrogens with zero attached hydrogens (tertiary/aromatic N) is 2. The van der Waals surface area contributed by atoms with Crippen LogP contribution in [0.25, 0.3) is 0 Å². The molecule has 0 amide bonds. The van der Waals surface area contributed by atoms with E-state index in [0.717, 1.165) is 37.0 Å². The Hall–Kier alpha value is -1.36. The minimum atomic E-state index is 0.461. The fourth-order valence-corrected chi connectivity index (χ4v) is 1.96. The van der Waals surface area contributed by atoms with E-state index in [4.69, 9.17) is 4.74 Å². The van der Waals surface area contributed by atoms with Crippen LogP contribution in [0.2, 0.25) is 0 Å². The van der Waals surface area contributed by atoms with Gasteiger partial charge in [0.1, 0.15) is 18.2 Å². The Balaban J connectivity index is 2.57. The van der Waals surface area contributed by atoms with Crippen molar-refractivity contribution in [1.82, 2.24) is 9.97 Å². The first-order chi connectivity index (χ1) is 10.3. The van der Waals surface area contributed by atoms with Gasteiger partial charge in [-0.25, -0.2) is 9.97 Å². The molecule has 0 aliphatic carbocycles. The molecule has 0 spiro atoms. The molecule has 5 nitrogen and oxygen atoms in total.